The van der Waals surface area contributed by atoms with Crippen molar-refractivity contribution in [3.8, 4) is 0 Å². The van der Waals surface area contributed by atoms with E-state index in [2.05, 4.69) is 19.1 Å². The molecule has 0 fully saturated rings. The lowest BCUT2D eigenvalue weighted by Crippen LogP contribution is -1.78. The highest BCUT2D eigenvalue weighted by Crippen LogP contribution is 2.16. The van der Waals surface area contributed by atoms with E-state index in [4.69, 9.17) is 5.41 Å². The van der Waals surface area contributed by atoms with E-state index in [1.807, 2.05) is 23.9 Å². The normalized spacial score (nSPS) is 9.55. The molecule has 0 saturated carbocycles. The van der Waals surface area contributed by atoms with Crippen LogP contribution in [0.15, 0.2) is 29.2 Å². The van der Waals surface area contributed by atoms with Crippen LogP contribution in [-0.2, 0) is 0 Å². The van der Waals surface area contributed by atoms with Gasteiger partial charge in [0.2, 0.25) is 0 Å². The highest BCUT2D eigenvalue weighted by molar-refractivity contribution is 7.99. The molecule has 0 aromatic heterocycles. The second-order valence-corrected chi connectivity index (χ2v) is 3.48. The molecule has 1 rings (SSSR count). The molecule has 0 radical (unpaired) electrons. The summed E-state index contributed by atoms with van der Waals surface area (Å²) in [7, 11) is 0. The Morgan fingerprint density at radius 2 is 2.00 bits per heavy atom. The fraction of sp³-hybridized carbons (Fsp3) is 0.222. The number of rotatable bonds is 3. The first kappa shape index (κ1) is 8.34. The first-order valence-corrected chi connectivity index (χ1v) is 4.58. The lowest BCUT2D eigenvalue weighted by atomic mass is 10.2. The zero-order valence-electron chi connectivity index (χ0n) is 6.50. The van der Waals surface area contributed by atoms with Gasteiger partial charge < -0.3 is 5.41 Å². The Morgan fingerprint density at radius 1 is 1.36 bits per heavy atom. The zero-order valence-corrected chi connectivity index (χ0v) is 7.32. The molecule has 0 saturated heterocycles. The van der Waals surface area contributed by atoms with E-state index in [1.54, 1.807) is 0 Å². The fourth-order valence-electron chi connectivity index (χ4n) is 0.827. The van der Waals surface area contributed by atoms with Crippen molar-refractivity contribution in [1.29, 1.82) is 5.41 Å². The van der Waals surface area contributed by atoms with Gasteiger partial charge >= 0.3 is 0 Å². The zero-order chi connectivity index (χ0) is 8.10. The molecule has 0 bridgehead atoms. The van der Waals surface area contributed by atoms with E-state index in [0.717, 1.165) is 11.3 Å². The highest BCUT2D eigenvalue weighted by Gasteiger charge is 1.90. The predicted molar refractivity (Wildman–Crippen MR) is 50.7 cm³/mol. The van der Waals surface area contributed by atoms with Gasteiger partial charge in [-0.2, -0.15) is 0 Å². The van der Waals surface area contributed by atoms with Crippen molar-refractivity contribution in [2.24, 2.45) is 0 Å². The van der Waals surface area contributed by atoms with Gasteiger partial charge in [0, 0.05) is 11.1 Å². The molecule has 0 spiro atoms. The van der Waals surface area contributed by atoms with Crippen molar-refractivity contribution in [1.82, 2.24) is 0 Å². The first-order chi connectivity index (χ1) is 5.36. The van der Waals surface area contributed by atoms with Crippen LogP contribution in [0.2, 0.25) is 0 Å². The van der Waals surface area contributed by atoms with E-state index in [-0.39, 0.29) is 0 Å². The number of nitrogens with one attached hydrogen (secondary N) is 1. The Kier molecular flexibility index (Phi) is 3.17. The molecule has 1 N–H and O–H groups in total. The van der Waals surface area contributed by atoms with Crippen LogP contribution in [-0.4, -0.2) is 12.0 Å². The van der Waals surface area contributed by atoms with E-state index in [9.17, 15) is 0 Å². The second-order valence-electron chi connectivity index (χ2n) is 2.15. The maximum absolute atomic E-state index is 6.98. The summed E-state index contributed by atoms with van der Waals surface area (Å²) in [5, 5.41) is 6.98. The van der Waals surface area contributed by atoms with Crippen LogP contribution in [0.3, 0.4) is 0 Å². The topological polar surface area (TPSA) is 23.9 Å². The van der Waals surface area contributed by atoms with Crippen LogP contribution >= 0.6 is 11.8 Å². The van der Waals surface area contributed by atoms with Gasteiger partial charge in [-0.25, -0.2) is 0 Å². The highest BCUT2D eigenvalue weighted by atomic mass is 32.2. The summed E-state index contributed by atoms with van der Waals surface area (Å²) < 4.78 is 0. The Balaban J connectivity index is 2.74. The minimum Gasteiger partial charge on any atom is -0.308 e. The lowest BCUT2D eigenvalue weighted by Gasteiger charge is -1.97. The van der Waals surface area contributed by atoms with Crippen LogP contribution in [0.5, 0.6) is 0 Å². The van der Waals surface area contributed by atoms with Gasteiger partial charge in [0.25, 0.3) is 0 Å². The van der Waals surface area contributed by atoms with E-state index in [0.29, 0.717) is 0 Å². The minimum absolute atomic E-state index is 0.963. The van der Waals surface area contributed by atoms with E-state index >= 15 is 0 Å². The molecule has 1 aromatic rings. The molecule has 0 amide bonds. The standard InChI is InChI=1S/C9H11NS/c1-2-11-9-5-3-8(7-10)4-6-9/h3-7,10H,2H2,1H3. The quantitative estimate of drug-likeness (QED) is 0.540. The van der Waals surface area contributed by atoms with E-state index < -0.39 is 0 Å². The van der Waals surface area contributed by atoms with E-state index in [1.165, 1.54) is 11.1 Å². The minimum atomic E-state index is 0.963. The molecule has 1 aromatic carbocycles. The summed E-state index contributed by atoms with van der Waals surface area (Å²) in [4.78, 5) is 1.28. The summed E-state index contributed by atoms with van der Waals surface area (Å²) in [6.45, 7) is 2.13. The van der Waals surface area contributed by atoms with Crippen LogP contribution in [0, 0.1) is 5.41 Å². The monoisotopic (exact) mass is 165 g/mol. The third kappa shape index (κ3) is 2.39. The molecule has 1 nitrogen and oxygen atoms in total. The Bertz CT molecular complexity index is 228. The predicted octanol–water partition coefficient (Wildman–Crippen LogP) is 2.80. The molecule has 11 heavy (non-hydrogen) atoms. The third-order valence-electron chi connectivity index (χ3n) is 1.36. The lowest BCUT2D eigenvalue weighted by molar-refractivity contribution is 1.41. The summed E-state index contributed by atoms with van der Waals surface area (Å²) in [5.74, 6) is 1.10. The van der Waals surface area contributed by atoms with Gasteiger partial charge in [0.1, 0.15) is 0 Å². The van der Waals surface area contributed by atoms with Crippen molar-refractivity contribution < 1.29 is 0 Å². The molecule has 58 valence electrons. The van der Waals surface area contributed by atoms with Crippen LogP contribution in [0.4, 0.5) is 0 Å². The molecule has 0 heterocycles. The summed E-state index contributed by atoms with van der Waals surface area (Å²) in [6.07, 6.45) is 1.36. The molecular formula is C9H11NS. The van der Waals surface area contributed by atoms with Crippen LogP contribution < -0.4 is 0 Å². The summed E-state index contributed by atoms with van der Waals surface area (Å²) in [6, 6.07) is 8.03. The average Bonchev–Trinajstić information content (AvgIpc) is 2.07. The molecule has 0 unspecified atom stereocenters. The Morgan fingerprint density at radius 3 is 2.45 bits per heavy atom. The molecule has 0 aliphatic heterocycles. The van der Waals surface area contributed by atoms with Gasteiger partial charge in [-0.1, -0.05) is 19.1 Å². The molecule has 2 heteroatoms. The van der Waals surface area contributed by atoms with Gasteiger partial charge in [-0.05, 0) is 23.4 Å². The van der Waals surface area contributed by atoms with Gasteiger partial charge in [0.05, 0.1) is 0 Å². The molecule has 0 aliphatic rings. The maximum Gasteiger partial charge on any atom is 0.0250 e. The van der Waals surface area contributed by atoms with Gasteiger partial charge in [-0.3, -0.25) is 0 Å². The Hall–Kier alpha value is -0.760. The summed E-state index contributed by atoms with van der Waals surface area (Å²) in [5.41, 5.74) is 0.963. The number of hydrogen-bond donors (Lipinski definition) is 1. The van der Waals surface area contributed by atoms with Crippen molar-refractivity contribution in [3.63, 3.8) is 0 Å². The molecular weight excluding hydrogens is 154 g/mol. The summed E-state index contributed by atoms with van der Waals surface area (Å²) >= 11 is 1.82. The first-order valence-electron chi connectivity index (χ1n) is 3.60. The van der Waals surface area contributed by atoms with Crippen LogP contribution in [0.25, 0.3) is 0 Å². The largest absolute Gasteiger partial charge is 0.308 e. The number of benzene rings is 1. The average molecular weight is 165 g/mol. The second kappa shape index (κ2) is 4.19. The smallest absolute Gasteiger partial charge is 0.0250 e. The van der Waals surface area contributed by atoms with Gasteiger partial charge in [-0.15, -0.1) is 11.8 Å². The molecule has 0 atom stereocenters. The SMILES string of the molecule is CCSc1ccc(C=N)cc1. The maximum atomic E-state index is 6.98. The van der Waals surface area contributed by atoms with Gasteiger partial charge in [0.15, 0.2) is 0 Å². The Labute approximate surface area is 71.3 Å². The number of hydrogen-bond acceptors (Lipinski definition) is 2. The van der Waals surface area contributed by atoms with Crippen molar-refractivity contribution in [3.05, 3.63) is 29.8 Å². The fourth-order valence-corrected chi connectivity index (χ4v) is 1.49. The van der Waals surface area contributed by atoms with Crippen molar-refractivity contribution in [2.75, 3.05) is 5.75 Å². The van der Waals surface area contributed by atoms with Crippen LogP contribution in [0.1, 0.15) is 12.5 Å². The van der Waals surface area contributed by atoms with Crippen molar-refractivity contribution in [2.45, 2.75) is 11.8 Å². The third-order valence-corrected chi connectivity index (χ3v) is 2.25. The molecule has 0 aliphatic carbocycles. The number of thioether (sulfide) groups is 1. The van der Waals surface area contributed by atoms with Crippen molar-refractivity contribution >= 4 is 18.0 Å².